The number of hydrogen-bond acceptors (Lipinski definition) is 3. The molecule has 0 radical (unpaired) electrons. The number of rotatable bonds is 3. The molecule has 0 bridgehead atoms. The van der Waals surface area contributed by atoms with Gasteiger partial charge in [-0.25, -0.2) is 4.79 Å². The predicted molar refractivity (Wildman–Crippen MR) is 65.2 cm³/mol. The normalized spacial score (nSPS) is 33.7. The van der Waals surface area contributed by atoms with E-state index in [4.69, 9.17) is 9.84 Å². The SMILES string of the molecule is CC(C)(C)OC(=O)NC1(CC(=O)O)CC[C@H]2C[C@H]21. The lowest BCUT2D eigenvalue weighted by Crippen LogP contribution is -2.51. The van der Waals surface area contributed by atoms with Gasteiger partial charge in [-0.15, -0.1) is 0 Å². The summed E-state index contributed by atoms with van der Waals surface area (Å²) in [5, 5.41) is 11.9. The van der Waals surface area contributed by atoms with E-state index in [1.165, 1.54) is 0 Å². The van der Waals surface area contributed by atoms with Gasteiger partial charge in [0.1, 0.15) is 5.60 Å². The van der Waals surface area contributed by atoms with Crippen molar-refractivity contribution in [2.24, 2.45) is 11.8 Å². The molecule has 3 atom stereocenters. The smallest absolute Gasteiger partial charge is 0.408 e. The lowest BCUT2D eigenvalue weighted by atomic mass is 9.89. The van der Waals surface area contributed by atoms with Crippen LogP contribution < -0.4 is 5.32 Å². The number of carbonyl (C=O) groups excluding carboxylic acids is 1. The molecule has 0 aromatic rings. The molecule has 5 nitrogen and oxygen atoms in total. The van der Waals surface area contributed by atoms with Crippen LogP contribution in [0.2, 0.25) is 0 Å². The van der Waals surface area contributed by atoms with Crippen molar-refractivity contribution in [3.05, 3.63) is 0 Å². The highest BCUT2D eigenvalue weighted by molar-refractivity contribution is 5.73. The van der Waals surface area contributed by atoms with Crippen LogP contribution in [0, 0.1) is 11.8 Å². The van der Waals surface area contributed by atoms with Crippen molar-refractivity contribution in [3.63, 3.8) is 0 Å². The van der Waals surface area contributed by atoms with Crippen molar-refractivity contribution < 1.29 is 19.4 Å². The molecular weight excluding hydrogens is 234 g/mol. The molecule has 2 aliphatic carbocycles. The fourth-order valence-corrected chi connectivity index (χ4v) is 3.07. The van der Waals surface area contributed by atoms with Crippen molar-refractivity contribution in [2.45, 2.75) is 57.6 Å². The Balaban J connectivity index is 2.02. The highest BCUT2D eigenvalue weighted by Crippen LogP contribution is 2.58. The van der Waals surface area contributed by atoms with Gasteiger partial charge in [0, 0.05) is 0 Å². The van der Waals surface area contributed by atoms with Gasteiger partial charge >= 0.3 is 12.1 Å². The first-order valence-corrected chi connectivity index (χ1v) is 6.45. The molecular formula is C13H21NO4. The van der Waals surface area contributed by atoms with Crippen LogP contribution in [0.1, 0.15) is 46.5 Å². The molecule has 0 aromatic heterocycles. The first kappa shape index (κ1) is 13.2. The van der Waals surface area contributed by atoms with E-state index in [9.17, 15) is 9.59 Å². The van der Waals surface area contributed by atoms with Crippen LogP contribution in [0.3, 0.4) is 0 Å². The molecule has 2 rings (SSSR count). The topological polar surface area (TPSA) is 75.6 Å². The monoisotopic (exact) mass is 255 g/mol. The fourth-order valence-electron chi connectivity index (χ4n) is 3.07. The third-order valence-corrected chi connectivity index (χ3v) is 3.81. The molecule has 1 unspecified atom stereocenters. The van der Waals surface area contributed by atoms with Gasteiger partial charge in [-0.2, -0.15) is 0 Å². The number of amides is 1. The van der Waals surface area contributed by atoms with Gasteiger partial charge in [-0.05, 0) is 51.9 Å². The van der Waals surface area contributed by atoms with Gasteiger partial charge in [0.25, 0.3) is 0 Å². The molecule has 2 fully saturated rings. The number of carboxylic acid groups (broad SMARTS) is 1. The Bertz CT molecular complexity index is 374. The second-order valence-corrected chi connectivity index (χ2v) is 6.49. The van der Waals surface area contributed by atoms with Crippen molar-refractivity contribution >= 4 is 12.1 Å². The maximum Gasteiger partial charge on any atom is 0.408 e. The molecule has 0 spiro atoms. The minimum atomic E-state index is -0.862. The number of alkyl carbamates (subject to hydrolysis) is 1. The molecule has 2 aliphatic rings. The first-order valence-electron chi connectivity index (χ1n) is 6.45. The van der Waals surface area contributed by atoms with Crippen LogP contribution in [0.15, 0.2) is 0 Å². The summed E-state index contributed by atoms with van der Waals surface area (Å²) < 4.78 is 5.23. The molecule has 2 saturated carbocycles. The van der Waals surface area contributed by atoms with Crippen LogP contribution in [-0.2, 0) is 9.53 Å². The lowest BCUT2D eigenvalue weighted by molar-refractivity contribution is -0.138. The summed E-state index contributed by atoms with van der Waals surface area (Å²) in [7, 11) is 0. The van der Waals surface area contributed by atoms with E-state index in [-0.39, 0.29) is 6.42 Å². The van der Waals surface area contributed by atoms with Gasteiger partial charge in [0.05, 0.1) is 12.0 Å². The summed E-state index contributed by atoms with van der Waals surface area (Å²) in [5.41, 5.74) is -1.14. The van der Waals surface area contributed by atoms with Gasteiger partial charge in [0.15, 0.2) is 0 Å². The maximum atomic E-state index is 11.8. The average Bonchev–Trinajstić information content (AvgIpc) is 2.83. The Hall–Kier alpha value is -1.26. The Morgan fingerprint density at radius 2 is 2.11 bits per heavy atom. The maximum absolute atomic E-state index is 11.8. The third-order valence-electron chi connectivity index (χ3n) is 3.81. The van der Waals surface area contributed by atoms with Crippen LogP contribution in [0.25, 0.3) is 0 Å². The first-order chi connectivity index (χ1) is 8.22. The van der Waals surface area contributed by atoms with Crippen LogP contribution in [0.5, 0.6) is 0 Å². The molecule has 102 valence electrons. The highest BCUT2D eigenvalue weighted by atomic mass is 16.6. The van der Waals surface area contributed by atoms with Gasteiger partial charge < -0.3 is 15.2 Å². The van der Waals surface area contributed by atoms with E-state index in [0.29, 0.717) is 11.8 Å². The Morgan fingerprint density at radius 1 is 1.44 bits per heavy atom. The number of aliphatic carboxylic acids is 1. The van der Waals surface area contributed by atoms with Crippen molar-refractivity contribution in [3.8, 4) is 0 Å². The summed E-state index contributed by atoms with van der Waals surface area (Å²) in [6.07, 6.45) is 2.27. The molecule has 5 heteroatoms. The van der Waals surface area contributed by atoms with Crippen molar-refractivity contribution in [1.82, 2.24) is 5.32 Å². The van der Waals surface area contributed by atoms with E-state index in [2.05, 4.69) is 5.32 Å². The lowest BCUT2D eigenvalue weighted by Gasteiger charge is -2.32. The molecule has 0 aromatic carbocycles. The van der Waals surface area contributed by atoms with E-state index in [1.807, 2.05) is 0 Å². The molecule has 0 heterocycles. The van der Waals surface area contributed by atoms with E-state index >= 15 is 0 Å². The average molecular weight is 255 g/mol. The zero-order chi connectivity index (χ0) is 13.6. The molecule has 0 saturated heterocycles. The van der Waals surface area contributed by atoms with Crippen LogP contribution in [-0.4, -0.2) is 28.3 Å². The third kappa shape index (κ3) is 2.76. The number of carboxylic acids is 1. The number of ether oxygens (including phenoxy) is 1. The Labute approximate surface area is 107 Å². The fraction of sp³-hybridized carbons (Fsp3) is 0.846. The number of fused-ring (bicyclic) bond motifs is 1. The van der Waals surface area contributed by atoms with Crippen LogP contribution in [0.4, 0.5) is 4.79 Å². The van der Waals surface area contributed by atoms with E-state index in [0.717, 1.165) is 19.3 Å². The van der Waals surface area contributed by atoms with Gasteiger partial charge in [0.2, 0.25) is 0 Å². The van der Waals surface area contributed by atoms with Gasteiger partial charge in [-0.1, -0.05) is 0 Å². The second kappa shape index (κ2) is 4.14. The summed E-state index contributed by atoms with van der Waals surface area (Å²) in [6, 6.07) is 0. The molecule has 2 N–H and O–H groups in total. The van der Waals surface area contributed by atoms with E-state index < -0.39 is 23.2 Å². The Kier molecular flexibility index (Phi) is 3.03. The predicted octanol–water partition coefficient (Wildman–Crippen LogP) is 2.15. The molecule has 1 amide bonds. The summed E-state index contributed by atoms with van der Waals surface area (Å²) in [6.45, 7) is 5.39. The second-order valence-electron chi connectivity index (χ2n) is 6.49. The quantitative estimate of drug-likeness (QED) is 0.810. The van der Waals surface area contributed by atoms with Crippen LogP contribution >= 0.6 is 0 Å². The number of hydrogen-bond donors (Lipinski definition) is 2. The summed E-state index contributed by atoms with van der Waals surface area (Å²) in [5.74, 6) is 0.0546. The summed E-state index contributed by atoms with van der Waals surface area (Å²) in [4.78, 5) is 22.8. The molecule has 18 heavy (non-hydrogen) atoms. The molecule has 0 aliphatic heterocycles. The standard InChI is InChI=1S/C13H21NO4/c1-12(2,3)18-11(17)14-13(7-10(15)16)5-4-8-6-9(8)13/h8-9H,4-7H2,1-3H3,(H,14,17)(H,15,16)/t8-,9+,13?/m0/s1. The Morgan fingerprint density at radius 3 is 2.50 bits per heavy atom. The van der Waals surface area contributed by atoms with Crippen molar-refractivity contribution in [2.75, 3.05) is 0 Å². The van der Waals surface area contributed by atoms with E-state index in [1.54, 1.807) is 20.8 Å². The minimum absolute atomic E-state index is 0.00654. The zero-order valence-electron chi connectivity index (χ0n) is 11.2. The van der Waals surface area contributed by atoms with Gasteiger partial charge in [-0.3, -0.25) is 4.79 Å². The highest BCUT2D eigenvalue weighted by Gasteiger charge is 2.59. The zero-order valence-corrected chi connectivity index (χ0v) is 11.2. The van der Waals surface area contributed by atoms with Crippen molar-refractivity contribution in [1.29, 1.82) is 0 Å². The number of carbonyl (C=O) groups is 2. The largest absolute Gasteiger partial charge is 0.481 e. The number of nitrogens with one attached hydrogen (secondary N) is 1. The minimum Gasteiger partial charge on any atom is -0.481 e. The summed E-state index contributed by atoms with van der Waals surface area (Å²) >= 11 is 0.